The molecule has 6 nitrogen and oxygen atoms in total. The summed E-state index contributed by atoms with van der Waals surface area (Å²) < 4.78 is 0. The number of likely N-dealkylation sites (tertiary alicyclic amines) is 1. The SMILES string of the molecule is CC(C)=CCN1CCC(NC(=O)C(=O)Nc2cccc(C#N)c2)CC1. The predicted molar refractivity (Wildman–Crippen MR) is 96.8 cm³/mol. The molecule has 2 amide bonds. The van der Waals surface area contributed by atoms with E-state index in [1.165, 1.54) is 11.6 Å². The highest BCUT2D eigenvalue weighted by molar-refractivity contribution is 6.39. The highest BCUT2D eigenvalue weighted by Gasteiger charge is 2.23. The third-order valence-electron chi connectivity index (χ3n) is 4.14. The molecule has 1 heterocycles. The molecule has 1 saturated heterocycles. The van der Waals surface area contributed by atoms with Crippen molar-refractivity contribution in [3.8, 4) is 6.07 Å². The lowest BCUT2D eigenvalue weighted by molar-refractivity contribution is -0.136. The zero-order valence-corrected chi connectivity index (χ0v) is 14.7. The average Bonchev–Trinajstić information content (AvgIpc) is 2.61. The monoisotopic (exact) mass is 340 g/mol. The van der Waals surface area contributed by atoms with Crippen LogP contribution in [0.4, 0.5) is 5.69 Å². The molecule has 1 aromatic carbocycles. The minimum Gasteiger partial charge on any atom is -0.345 e. The first-order chi connectivity index (χ1) is 12.0. The number of nitrogens with zero attached hydrogens (tertiary/aromatic N) is 2. The molecular formula is C19H24N4O2. The number of benzene rings is 1. The minimum absolute atomic E-state index is 0.0200. The number of anilines is 1. The summed E-state index contributed by atoms with van der Waals surface area (Å²) in [6, 6.07) is 8.50. The number of allylic oxidation sites excluding steroid dienone is 1. The lowest BCUT2D eigenvalue weighted by atomic mass is 10.0. The van der Waals surface area contributed by atoms with Crippen molar-refractivity contribution < 1.29 is 9.59 Å². The van der Waals surface area contributed by atoms with Crippen LogP contribution in [-0.2, 0) is 9.59 Å². The molecule has 1 aromatic rings. The smallest absolute Gasteiger partial charge is 0.313 e. The number of rotatable bonds is 4. The van der Waals surface area contributed by atoms with Crippen molar-refractivity contribution in [3.63, 3.8) is 0 Å². The summed E-state index contributed by atoms with van der Waals surface area (Å²) in [5.41, 5.74) is 2.17. The summed E-state index contributed by atoms with van der Waals surface area (Å²) in [5, 5.41) is 14.2. The van der Waals surface area contributed by atoms with Gasteiger partial charge in [0, 0.05) is 31.4 Å². The van der Waals surface area contributed by atoms with Gasteiger partial charge in [-0.2, -0.15) is 5.26 Å². The van der Waals surface area contributed by atoms with E-state index in [-0.39, 0.29) is 6.04 Å². The predicted octanol–water partition coefficient (Wildman–Crippen LogP) is 2.04. The van der Waals surface area contributed by atoms with Crippen LogP contribution in [0.3, 0.4) is 0 Å². The van der Waals surface area contributed by atoms with E-state index < -0.39 is 11.8 Å². The highest BCUT2D eigenvalue weighted by Crippen LogP contribution is 2.12. The Balaban J connectivity index is 1.79. The summed E-state index contributed by atoms with van der Waals surface area (Å²) in [5.74, 6) is -1.34. The van der Waals surface area contributed by atoms with E-state index in [0.29, 0.717) is 11.3 Å². The molecule has 0 bridgehead atoms. The van der Waals surface area contributed by atoms with Crippen molar-refractivity contribution >= 4 is 17.5 Å². The molecule has 1 aliphatic heterocycles. The number of hydrogen-bond donors (Lipinski definition) is 2. The van der Waals surface area contributed by atoms with Crippen LogP contribution in [0.1, 0.15) is 32.3 Å². The third kappa shape index (κ3) is 6.05. The molecule has 0 aliphatic carbocycles. The van der Waals surface area contributed by atoms with Crippen molar-refractivity contribution in [1.82, 2.24) is 10.2 Å². The molecule has 0 spiro atoms. The molecule has 2 N–H and O–H groups in total. The fourth-order valence-corrected chi connectivity index (χ4v) is 2.68. The fourth-order valence-electron chi connectivity index (χ4n) is 2.68. The van der Waals surface area contributed by atoms with Crippen molar-refractivity contribution in [1.29, 1.82) is 5.26 Å². The Labute approximate surface area is 148 Å². The average molecular weight is 340 g/mol. The van der Waals surface area contributed by atoms with Gasteiger partial charge in [-0.05, 0) is 44.9 Å². The largest absolute Gasteiger partial charge is 0.345 e. The zero-order chi connectivity index (χ0) is 18.2. The minimum atomic E-state index is -0.706. The summed E-state index contributed by atoms with van der Waals surface area (Å²) >= 11 is 0. The van der Waals surface area contributed by atoms with Crippen LogP contribution >= 0.6 is 0 Å². The van der Waals surface area contributed by atoms with Crippen LogP contribution in [0.5, 0.6) is 0 Å². The van der Waals surface area contributed by atoms with Crippen LogP contribution in [0.2, 0.25) is 0 Å². The van der Waals surface area contributed by atoms with Gasteiger partial charge in [0.15, 0.2) is 0 Å². The molecule has 0 aromatic heterocycles. The Bertz CT molecular complexity index is 694. The first-order valence-corrected chi connectivity index (χ1v) is 8.45. The zero-order valence-electron chi connectivity index (χ0n) is 14.7. The van der Waals surface area contributed by atoms with Crippen LogP contribution < -0.4 is 10.6 Å². The van der Waals surface area contributed by atoms with E-state index in [1.54, 1.807) is 18.2 Å². The van der Waals surface area contributed by atoms with Crippen molar-refractivity contribution in [3.05, 3.63) is 41.5 Å². The second kappa shape index (κ2) is 9.00. The molecule has 0 unspecified atom stereocenters. The van der Waals surface area contributed by atoms with Crippen molar-refractivity contribution in [2.24, 2.45) is 0 Å². The standard InChI is InChI=1S/C19H24N4O2/c1-14(2)6-9-23-10-7-16(8-11-23)21-18(24)19(25)22-17-5-3-4-15(12-17)13-20/h3-6,12,16H,7-11H2,1-2H3,(H,21,24)(H,22,25). The number of carbonyl (C=O) groups is 2. The molecule has 25 heavy (non-hydrogen) atoms. The first-order valence-electron chi connectivity index (χ1n) is 8.45. The highest BCUT2D eigenvalue weighted by atomic mass is 16.2. The van der Waals surface area contributed by atoms with Gasteiger partial charge < -0.3 is 10.6 Å². The Kier molecular flexibility index (Phi) is 6.72. The van der Waals surface area contributed by atoms with E-state index in [2.05, 4.69) is 35.5 Å². The van der Waals surface area contributed by atoms with E-state index in [4.69, 9.17) is 5.26 Å². The third-order valence-corrected chi connectivity index (χ3v) is 4.14. The lowest BCUT2D eigenvalue weighted by Gasteiger charge is -2.31. The molecule has 132 valence electrons. The summed E-state index contributed by atoms with van der Waals surface area (Å²) in [6.45, 7) is 6.90. The molecule has 2 rings (SSSR count). The molecule has 6 heteroatoms. The Morgan fingerprint density at radius 3 is 2.64 bits per heavy atom. The van der Waals surface area contributed by atoms with Gasteiger partial charge >= 0.3 is 11.8 Å². The summed E-state index contributed by atoms with van der Waals surface area (Å²) in [6.07, 6.45) is 3.86. The van der Waals surface area contributed by atoms with E-state index >= 15 is 0 Å². The van der Waals surface area contributed by atoms with Crippen LogP contribution in [-0.4, -0.2) is 42.4 Å². The Hall–Kier alpha value is -2.65. The maximum Gasteiger partial charge on any atom is 0.313 e. The molecule has 1 fully saturated rings. The maximum absolute atomic E-state index is 12.1. The number of amides is 2. The second-order valence-electron chi connectivity index (χ2n) is 6.48. The summed E-state index contributed by atoms with van der Waals surface area (Å²) in [7, 11) is 0. The molecule has 0 saturated carbocycles. The van der Waals surface area contributed by atoms with Gasteiger partial charge in [-0.1, -0.05) is 17.7 Å². The van der Waals surface area contributed by atoms with Crippen molar-refractivity contribution in [2.75, 3.05) is 25.0 Å². The topological polar surface area (TPSA) is 85.2 Å². The van der Waals surface area contributed by atoms with Gasteiger partial charge in [0.25, 0.3) is 0 Å². The van der Waals surface area contributed by atoms with Crippen LogP contribution in [0.25, 0.3) is 0 Å². The molecule has 0 radical (unpaired) electrons. The number of carbonyl (C=O) groups excluding carboxylic acids is 2. The van der Waals surface area contributed by atoms with Gasteiger partial charge in [0.1, 0.15) is 0 Å². The number of piperidine rings is 1. The van der Waals surface area contributed by atoms with Gasteiger partial charge in [-0.25, -0.2) is 0 Å². The van der Waals surface area contributed by atoms with Gasteiger partial charge in [0.2, 0.25) is 0 Å². The van der Waals surface area contributed by atoms with E-state index in [0.717, 1.165) is 32.5 Å². The molecule has 0 atom stereocenters. The van der Waals surface area contributed by atoms with E-state index in [1.807, 2.05) is 6.07 Å². The normalized spacial score (nSPS) is 15.1. The quantitative estimate of drug-likeness (QED) is 0.649. The number of nitriles is 1. The van der Waals surface area contributed by atoms with E-state index in [9.17, 15) is 9.59 Å². The van der Waals surface area contributed by atoms with Crippen LogP contribution in [0, 0.1) is 11.3 Å². The second-order valence-corrected chi connectivity index (χ2v) is 6.48. The fraction of sp³-hybridized carbons (Fsp3) is 0.421. The Morgan fingerprint density at radius 2 is 2.00 bits per heavy atom. The number of hydrogen-bond acceptors (Lipinski definition) is 4. The maximum atomic E-state index is 12.1. The van der Waals surface area contributed by atoms with Crippen molar-refractivity contribution in [2.45, 2.75) is 32.7 Å². The Morgan fingerprint density at radius 1 is 1.28 bits per heavy atom. The van der Waals surface area contributed by atoms with Gasteiger partial charge in [0.05, 0.1) is 11.6 Å². The molecular weight excluding hydrogens is 316 g/mol. The number of nitrogens with one attached hydrogen (secondary N) is 2. The van der Waals surface area contributed by atoms with Gasteiger partial charge in [-0.3, -0.25) is 14.5 Å². The lowest BCUT2D eigenvalue weighted by Crippen LogP contribution is -2.47. The summed E-state index contributed by atoms with van der Waals surface area (Å²) in [4.78, 5) is 26.4. The molecule has 1 aliphatic rings. The van der Waals surface area contributed by atoms with Gasteiger partial charge in [-0.15, -0.1) is 0 Å². The first kappa shape index (κ1) is 18.7. The van der Waals surface area contributed by atoms with Crippen LogP contribution in [0.15, 0.2) is 35.9 Å².